The summed E-state index contributed by atoms with van der Waals surface area (Å²) in [5, 5.41) is 3.30. The predicted molar refractivity (Wildman–Crippen MR) is 99.6 cm³/mol. The van der Waals surface area contributed by atoms with Gasteiger partial charge in [0.1, 0.15) is 5.75 Å². The van der Waals surface area contributed by atoms with Crippen LogP contribution >= 0.6 is 11.3 Å². The van der Waals surface area contributed by atoms with Crippen LogP contribution in [0.3, 0.4) is 0 Å². The Morgan fingerprint density at radius 1 is 1.20 bits per heavy atom. The van der Waals surface area contributed by atoms with Crippen molar-refractivity contribution in [3.8, 4) is 5.75 Å². The van der Waals surface area contributed by atoms with Crippen LogP contribution in [-0.2, 0) is 11.2 Å². The van der Waals surface area contributed by atoms with Gasteiger partial charge in [-0.2, -0.15) is 0 Å². The minimum atomic E-state index is -0.289. The first-order valence-corrected chi connectivity index (χ1v) is 8.80. The van der Waals surface area contributed by atoms with E-state index in [2.05, 4.69) is 23.3 Å². The predicted octanol–water partition coefficient (Wildman–Crippen LogP) is 4.08. The largest absolute Gasteiger partial charge is 0.484 e. The molecular weight excluding hydrogens is 336 g/mol. The zero-order chi connectivity index (χ0) is 17.8. The number of carbonyl (C=O) groups is 2. The van der Waals surface area contributed by atoms with Crippen molar-refractivity contribution in [1.82, 2.24) is 4.98 Å². The summed E-state index contributed by atoms with van der Waals surface area (Å²) in [4.78, 5) is 27.8. The minimum Gasteiger partial charge on any atom is -0.484 e. The van der Waals surface area contributed by atoms with E-state index >= 15 is 0 Å². The number of anilines is 1. The normalized spacial score (nSPS) is 10.6. The molecule has 0 saturated carbocycles. The Labute approximate surface area is 149 Å². The molecular formula is C19H18N2O3S. The number of aromatic nitrogens is 1. The molecule has 0 unspecified atom stereocenters. The third-order valence-corrected chi connectivity index (χ3v) is 4.65. The van der Waals surface area contributed by atoms with E-state index in [-0.39, 0.29) is 18.3 Å². The van der Waals surface area contributed by atoms with Crippen molar-refractivity contribution in [2.45, 2.75) is 20.3 Å². The number of ketones is 1. The van der Waals surface area contributed by atoms with Crippen LogP contribution in [0.4, 0.5) is 5.13 Å². The molecule has 1 amide bonds. The minimum absolute atomic E-state index is 0.0455. The van der Waals surface area contributed by atoms with Crippen molar-refractivity contribution in [1.29, 1.82) is 0 Å². The van der Waals surface area contributed by atoms with Crippen LogP contribution in [0.5, 0.6) is 5.75 Å². The number of carbonyl (C=O) groups excluding carboxylic acids is 2. The molecule has 0 aliphatic heterocycles. The van der Waals surface area contributed by atoms with E-state index in [1.807, 2.05) is 12.1 Å². The van der Waals surface area contributed by atoms with Crippen molar-refractivity contribution in [2.75, 3.05) is 11.9 Å². The Bertz CT molecular complexity index is 933. The van der Waals surface area contributed by atoms with Crippen molar-refractivity contribution >= 4 is 38.4 Å². The number of aryl methyl sites for hydroxylation is 1. The molecule has 128 valence electrons. The third-order valence-electron chi connectivity index (χ3n) is 3.72. The zero-order valence-electron chi connectivity index (χ0n) is 14.0. The molecule has 0 fully saturated rings. The quantitative estimate of drug-likeness (QED) is 0.677. The lowest BCUT2D eigenvalue weighted by Gasteiger charge is -2.06. The van der Waals surface area contributed by atoms with Crippen LogP contribution in [0.2, 0.25) is 0 Å². The highest BCUT2D eigenvalue weighted by Gasteiger charge is 2.09. The molecule has 25 heavy (non-hydrogen) atoms. The summed E-state index contributed by atoms with van der Waals surface area (Å²) in [6.07, 6.45) is 0.961. The fourth-order valence-electron chi connectivity index (χ4n) is 2.35. The van der Waals surface area contributed by atoms with Gasteiger partial charge in [-0.3, -0.25) is 14.9 Å². The summed E-state index contributed by atoms with van der Waals surface area (Å²) in [5.41, 5.74) is 2.66. The average molecular weight is 354 g/mol. The third kappa shape index (κ3) is 4.22. The molecule has 1 N–H and O–H groups in total. The fraction of sp³-hybridized carbons (Fsp3) is 0.211. The van der Waals surface area contributed by atoms with Gasteiger partial charge in [0.2, 0.25) is 0 Å². The zero-order valence-corrected chi connectivity index (χ0v) is 14.9. The summed E-state index contributed by atoms with van der Waals surface area (Å²) in [7, 11) is 0. The Kier molecular flexibility index (Phi) is 5.09. The van der Waals surface area contributed by atoms with Crippen LogP contribution < -0.4 is 10.1 Å². The van der Waals surface area contributed by atoms with E-state index in [4.69, 9.17) is 4.74 Å². The summed E-state index contributed by atoms with van der Waals surface area (Å²) >= 11 is 1.44. The smallest absolute Gasteiger partial charge is 0.264 e. The van der Waals surface area contributed by atoms with Crippen LogP contribution in [-0.4, -0.2) is 23.3 Å². The molecule has 3 aromatic rings. The first-order valence-electron chi connectivity index (χ1n) is 7.98. The van der Waals surface area contributed by atoms with E-state index in [1.165, 1.54) is 23.8 Å². The molecule has 0 aliphatic rings. The van der Waals surface area contributed by atoms with Crippen LogP contribution in [0.1, 0.15) is 29.8 Å². The molecule has 2 aromatic carbocycles. The number of fused-ring (bicyclic) bond motifs is 1. The van der Waals surface area contributed by atoms with Gasteiger partial charge in [0.25, 0.3) is 5.91 Å². The van der Waals surface area contributed by atoms with Gasteiger partial charge < -0.3 is 4.74 Å². The standard InChI is InChI=1S/C19H18N2O3S/c1-3-13-7-8-16-17(9-13)25-19(20-16)21-18(23)11-24-15-6-4-5-14(10-15)12(2)22/h4-10H,3,11H2,1-2H3,(H,20,21,23). The lowest BCUT2D eigenvalue weighted by molar-refractivity contribution is -0.118. The van der Waals surface area contributed by atoms with Gasteiger partial charge in [-0.25, -0.2) is 4.98 Å². The highest BCUT2D eigenvalue weighted by molar-refractivity contribution is 7.22. The van der Waals surface area contributed by atoms with Gasteiger partial charge in [-0.1, -0.05) is 36.5 Å². The number of ether oxygens (including phenoxy) is 1. The van der Waals surface area contributed by atoms with E-state index in [0.717, 1.165) is 16.6 Å². The van der Waals surface area contributed by atoms with Crippen molar-refractivity contribution in [3.63, 3.8) is 0 Å². The summed E-state index contributed by atoms with van der Waals surface area (Å²) in [5.74, 6) is 0.151. The van der Waals surface area contributed by atoms with Gasteiger partial charge in [0.05, 0.1) is 10.2 Å². The molecule has 0 aliphatic carbocycles. The topological polar surface area (TPSA) is 68.3 Å². The number of amides is 1. The van der Waals surface area contributed by atoms with E-state index < -0.39 is 0 Å². The van der Waals surface area contributed by atoms with Gasteiger partial charge >= 0.3 is 0 Å². The van der Waals surface area contributed by atoms with Crippen molar-refractivity contribution in [2.24, 2.45) is 0 Å². The first kappa shape index (κ1) is 17.1. The van der Waals surface area contributed by atoms with Crippen molar-refractivity contribution in [3.05, 3.63) is 53.6 Å². The molecule has 1 aromatic heterocycles. The Hall–Kier alpha value is -2.73. The second-order valence-corrected chi connectivity index (χ2v) is 6.63. The molecule has 0 spiro atoms. The second kappa shape index (κ2) is 7.44. The molecule has 5 nitrogen and oxygen atoms in total. The van der Waals surface area contributed by atoms with Crippen molar-refractivity contribution < 1.29 is 14.3 Å². The monoisotopic (exact) mass is 354 g/mol. The molecule has 0 saturated heterocycles. The summed E-state index contributed by atoms with van der Waals surface area (Å²) in [6, 6.07) is 12.9. The lowest BCUT2D eigenvalue weighted by atomic mass is 10.1. The summed E-state index contributed by atoms with van der Waals surface area (Å²) in [6.45, 7) is 3.45. The van der Waals surface area contributed by atoms with Gasteiger partial charge in [-0.15, -0.1) is 0 Å². The lowest BCUT2D eigenvalue weighted by Crippen LogP contribution is -2.20. The number of Topliss-reactive ketones (excluding diaryl/α,β-unsaturated/α-hetero) is 1. The van der Waals surface area contributed by atoms with Gasteiger partial charge in [0.15, 0.2) is 17.5 Å². The highest BCUT2D eigenvalue weighted by atomic mass is 32.1. The maximum absolute atomic E-state index is 12.1. The van der Waals surface area contributed by atoms with E-state index in [1.54, 1.807) is 24.3 Å². The molecule has 1 heterocycles. The Morgan fingerprint density at radius 3 is 2.80 bits per heavy atom. The highest BCUT2D eigenvalue weighted by Crippen LogP contribution is 2.27. The van der Waals surface area contributed by atoms with E-state index in [0.29, 0.717) is 16.4 Å². The number of rotatable bonds is 6. The molecule has 3 rings (SSSR count). The number of nitrogens with one attached hydrogen (secondary N) is 1. The number of hydrogen-bond acceptors (Lipinski definition) is 5. The maximum atomic E-state index is 12.1. The van der Waals surface area contributed by atoms with Gasteiger partial charge in [0, 0.05) is 5.56 Å². The van der Waals surface area contributed by atoms with Crippen LogP contribution in [0.15, 0.2) is 42.5 Å². The fourth-order valence-corrected chi connectivity index (χ4v) is 3.30. The average Bonchev–Trinajstić information content (AvgIpc) is 3.01. The number of thiazole rings is 1. The number of hydrogen-bond donors (Lipinski definition) is 1. The number of benzene rings is 2. The molecule has 0 atom stereocenters. The second-order valence-electron chi connectivity index (χ2n) is 5.60. The van der Waals surface area contributed by atoms with Crippen LogP contribution in [0.25, 0.3) is 10.2 Å². The van der Waals surface area contributed by atoms with Gasteiger partial charge in [-0.05, 0) is 43.2 Å². The van der Waals surface area contributed by atoms with E-state index in [9.17, 15) is 9.59 Å². The maximum Gasteiger partial charge on any atom is 0.264 e. The molecule has 0 bridgehead atoms. The van der Waals surface area contributed by atoms with Crippen LogP contribution in [0, 0.1) is 0 Å². The Morgan fingerprint density at radius 2 is 2.04 bits per heavy atom. The molecule has 6 heteroatoms. The number of nitrogens with zero attached hydrogens (tertiary/aromatic N) is 1. The first-order chi connectivity index (χ1) is 12.0. The SMILES string of the molecule is CCc1ccc2nc(NC(=O)COc3cccc(C(C)=O)c3)sc2c1. The molecule has 0 radical (unpaired) electrons. The summed E-state index contributed by atoms with van der Waals surface area (Å²) < 4.78 is 6.50. The Balaban J connectivity index is 1.62.